The Kier molecular flexibility index (Phi) is 6.69. The van der Waals surface area contributed by atoms with Gasteiger partial charge in [-0.15, -0.1) is 0 Å². The second-order valence-electron chi connectivity index (χ2n) is 4.33. The van der Waals surface area contributed by atoms with Gasteiger partial charge in [0, 0.05) is 32.0 Å². The van der Waals surface area contributed by atoms with Gasteiger partial charge >= 0.3 is 0 Å². The van der Waals surface area contributed by atoms with Crippen molar-refractivity contribution in [3.8, 4) is 0 Å². The fourth-order valence-corrected chi connectivity index (χ4v) is 1.66. The highest BCUT2D eigenvalue weighted by atomic mass is 16.5. The molecule has 0 saturated heterocycles. The lowest BCUT2D eigenvalue weighted by Crippen LogP contribution is -2.30. The van der Waals surface area contributed by atoms with Crippen molar-refractivity contribution in [1.29, 1.82) is 0 Å². The highest BCUT2D eigenvalue weighted by Crippen LogP contribution is 2.16. The van der Waals surface area contributed by atoms with Crippen LogP contribution in [-0.4, -0.2) is 45.7 Å². The van der Waals surface area contributed by atoms with E-state index in [9.17, 15) is 9.59 Å². The second kappa shape index (κ2) is 8.29. The first kappa shape index (κ1) is 16.1. The molecule has 3 N–H and O–H groups in total. The van der Waals surface area contributed by atoms with E-state index in [4.69, 9.17) is 4.74 Å². The number of carbonyl (C=O) groups excluding carboxylic acids is 2. The first-order valence-corrected chi connectivity index (χ1v) is 6.40. The third-order valence-corrected chi connectivity index (χ3v) is 2.76. The zero-order valence-electron chi connectivity index (χ0n) is 12.1. The highest BCUT2D eigenvalue weighted by molar-refractivity contribution is 5.96. The van der Waals surface area contributed by atoms with E-state index in [-0.39, 0.29) is 18.4 Å². The van der Waals surface area contributed by atoms with Crippen molar-refractivity contribution in [2.24, 2.45) is 0 Å². The molecule has 6 nitrogen and oxygen atoms in total. The van der Waals surface area contributed by atoms with Crippen molar-refractivity contribution in [3.63, 3.8) is 0 Å². The Labute approximate surface area is 118 Å². The summed E-state index contributed by atoms with van der Waals surface area (Å²) in [7, 11) is 3.19. The number of methoxy groups -OCH3 is 1. The lowest BCUT2D eigenvalue weighted by molar-refractivity contribution is -0.115. The normalized spacial score (nSPS) is 10.2. The number of aryl methyl sites for hydroxylation is 1. The summed E-state index contributed by atoms with van der Waals surface area (Å²) >= 11 is 0. The van der Waals surface area contributed by atoms with Crippen molar-refractivity contribution in [2.45, 2.75) is 6.92 Å². The number of ether oxygens (including phenoxy) is 1. The molecule has 0 fully saturated rings. The number of hydrogen-bond donors (Lipinski definition) is 3. The molecule has 0 bridgehead atoms. The predicted molar refractivity (Wildman–Crippen MR) is 77.9 cm³/mol. The van der Waals surface area contributed by atoms with Crippen molar-refractivity contribution in [3.05, 3.63) is 29.3 Å². The Balaban J connectivity index is 2.55. The molecule has 0 atom stereocenters. The Bertz CT molecular complexity index is 475. The van der Waals surface area contributed by atoms with Crippen molar-refractivity contribution >= 4 is 17.5 Å². The van der Waals surface area contributed by atoms with Crippen LogP contribution in [0.25, 0.3) is 0 Å². The maximum absolute atomic E-state index is 11.7. The van der Waals surface area contributed by atoms with Crippen LogP contribution >= 0.6 is 0 Å². The number of carbonyl (C=O) groups is 2. The van der Waals surface area contributed by atoms with Gasteiger partial charge < -0.3 is 20.7 Å². The van der Waals surface area contributed by atoms with E-state index in [2.05, 4.69) is 16.0 Å². The van der Waals surface area contributed by atoms with Gasteiger partial charge in [0.1, 0.15) is 0 Å². The maximum Gasteiger partial charge on any atom is 0.251 e. The molecule has 110 valence electrons. The monoisotopic (exact) mass is 279 g/mol. The van der Waals surface area contributed by atoms with Crippen LogP contribution in [0.3, 0.4) is 0 Å². The number of hydrogen-bond acceptors (Lipinski definition) is 4. The molecular formula is C14H21N3O3. The number of nitrogens with one attached hydrogen (secondary N) is 3. The van der Waals surface area contributed by atoms with Gasteiger partial charge in [0.25, 0.3) is 5.91 Å². The Morgan fingerprint density at radius 2 is 2.05 bits per heavy atom. The third kappa shape index (κ3) is 4.99. The van der Waals surface area contributed by atoms with E-state index in [1.807, 2.05) is 6.92 Å². The molecule has 0 heterocycles. The first-order chi connectivity index (χ1) is 9.58. The van der Waals surface area contributed by atoms with E-state index in [0.717, 1.165) is 5.56 Å². The number of benzene rings is 1. The molecule has 0 spiro atoms. The van der Waals surface area contributed by atoms with E-state index >= 15 is 0 Å². The van der Waals surface area contributed by atoms with Gasteiger partial charge in [-0.25, -0.2) is 0 Å². The zero-order valence-corrected chi connectivity index (χ0v) is 12.1. The molecule has 6 heteroatoms. The first-order valence-electron chi connectivity index (χ1n) is 6.40. The molecule has 0 aliphatic rings. The van der Waals surface area contributed by atoms with Gasteiger partial charge in [-0.1, -0.05) is 0 Å². The number of rotatable bonds is 7. The maximum atomic E-state index is 11.7. The predicted octanol–water partition coefficient (Wildman–Crippen LogP) is 0.529. The fourth-order valence-electron chi connectivity index (χ4n) is 1.66. The van der Waals surface area contributed by atoms with E-state index in [1.165, 1.54) is 0 Å². The third-order valence-electron chi connectivity index (χ3n) is 2.76. The minimum Gasteiger partial charge on any atom is -0.383 e. The average Bonchev–Trinajstić information content (AvgIpc) is 2.45. The standard InChI is InChI=1S/C14H21N3O3/c1-10-8-11(14(19)15-2)4-5-12(10)17-13(18)9-16-6-7-20-3/h4-5,8,16H,6-7,9H2,1-3H3,(H,15,19)(H,17,18). The Morgan fingerprint density at radius 3 is 2.65 bits per heavy atom. The summed E-state index contributed by atoms with van der Waals surface area (Å²) in [5.74, 6) is -0.274. The van der Waals surface area contributed by atoms with Gasteiger partial charge in [0.15, 0.2) is 0 Å². The van der Waals surface area contributed by atoms with Gasteiger partial charge in [0.2, 0.25) is 5.91 Å². The molecule has 0 saturated carbocycles. The minimum absolute atomic E-state index is 0.128. The Morgan fingerprint density at radius 1 is 1.30 bits per heavy atom. The lowest BCUT2D eigenvalue weighted by Gasteiger charge is -2.10. The molecule has 20 heavy (non-hydrogen) atoms. The fraction of sp³-hybridized carbons (Fsp3) is 0.429. The molecule has 1 aromatic carbocycles. The van der Waals surface area contributed by atoms with Crippen LogP contribution in [0.5, 0.6) is 0 Å². The molecule has 0 aliphatic heterocycles. The van der Waals surface area contributed by atoms with Gasteiger partial charge in [-0.2, -0.15) is 0 Å². The summed E-state index contributed by atoms with van der Waals surface area (Å²) in [6, 6.07) is 5.15. The summed E-state index contributed by atoms with van der Waals surface area (Å²) in [6.45, 7) is 3.26. The van der Waals surface area contributed by atoms with Gasteiger partial charge in [0.05, 0.1) is 13.2 Å². The topological polar surface area (TPSA) is 79.5 Å². The van der Waals surface area contributed by atoms with Crippen molar-refractivity contribution in [1.82, 2.24) is 10.6 Å². The summed E-state index contributed by atoms with van der Waals surface area (Å²) in [5, 5.41) is 8.32. The van der Waals surface area contributed by atoms with Crippen LogP contribution in [0, 0.1) is 6.92 Å². The van der Waals surface area contributed by atoms with E-state index < -0.39 is 0 Å². The molecule has 1 aromatic rings. The molecule has 2 amide bonds. The van der Waals surface area contributed by atoms with Gasteiger partial charge in [-0.05, 0) is 30.7 Å². The summed E-state index contributed by atoms with van der Waals surface area (Å²) in [4.78, 5) is 23.2. The van der Waals surface area contributed by atoms with Crippen LogP contribution < -0.4 is 16.0 Å². The number of amides is 2. The van der Waals surface area contributed by atoms with Crippen LogP contribution in [0.2, 0.25) is 0 Å². The summed E-state index contributed by atoms with van der Waals surface area (Å²) in [6.07, 6.45) is 0. The van der Waals surface area contributed by atoms with Crippen molar-refractivity contribution < 1.29 is 14.3 Å². The van der Waals surface area contributed by atoms with Crippen LogP contribution in [0.1, 0.15) is 15.9 Å². The van der Waals surface area contributed by atoms with Crippen molar-refractivity contribution in [2.75, 3.05) is 39.2 Å². The molecule has 1 rings (SSSR count). The van der Waals surface area contributed by atoms with E-state index in [0.29, 0.717) is 24.4 Å². The zero-order chi connectivity index (χ0) is 15.0. The SMILES string of the molecule is CNC(=O)c1ccc(NC(=O)CNCCOC)c(C)c1. The van der Waals surface area contributed by atoms with Crippen LogP contribution in [0.4, 0.5) is 5.69 Å². The molecule has 0 aromatic heterocycles. The van der Waals surface area contributed by atoms with E-state index in [1.54, 1.807) is 32.4 Å². The lowest BCUT2D eigenvalue weighted by atomic mass is 10.1. The Hall–Kier alpha value is -1.92. The number of anilines is 1. The molecule has 0 unspecified atom stereocenters. The van der Waals surface area contributed by atoms with Crippen LogP contribution in [0.15, 0.2) is 18.2 Å². The molecule has 0 radical (unpaired) electrons. The molecular weight excluding hydrogens is 258 g/mol. The quantitative estimate of drug-likeness (QED) is 0.636. The van der Waals surface area contributed by atoms with Gasteiger partial charge in [-0.3, -0.25) is 9.59 Å². The minimum atomic E-state index is -0.146. The smallest absolute Gasteiger partial charge is 0.251 e. The molecule has 0 aliphatic carbocycles. The largest absolute Gasteiger partial charge is 0.383 e. The summed E-state index contributed by atoms with van der Waals surface area (Å²) in [5.41, 5.74) is 2.12. The van der Waals surface area contributed by atoms with Crippen LogP contribution in [-0.2, 0) is 9.53 Å². The second-order valence-corrected chi connectivity index (χ2v) is 4.33. The average molecular weight is 279 g/mol. The highest BCUT2D eigenvalue weighted by Gasteiger charge is 2.08. The summed E-state index contributed by atoms with van der Waals surface area (Å²) < 4.78 is 4.88.